The lowest BCUT2D eigenvalue weighted by molar-refractivity contribution is 0.148. The fourth-order valence-corrected chi connectivity index (χ4v) is 2.27. The molecule has 0 unspecified atom stereocenters. The number of hydrogen-bond acceptors (Lipinski definition) is 3. The number of hydrogen-bond donors (Lipinski definition) is 3. The van der Waals surface area contributed by atoms with Gasteiger partial charge in [-0.15, -0.1) is 0 Å². The molecule has 3 nitrogen and oxygen atoms in total. The van der Waals surface area contributed by atoms with Crippen LogP contribution in [-0.2, 0) is 13.2 Å². The molecule has 2 rings (SSSR count). The third-order valence-electron chi connectivity index (χ3n) is 3.22. The Balaban J connectivity index is 1.88. The largest absolute Gasteiger partial charge is 0.392 e. The van der Waals surface area contributed by atoms with E-state index in [9.17, 15) is 5.11 Å². The Bertz CT molecular complexity index is 340. The molecule has 1 saturated carbocycles. The predicted octanol–water partition coefficient (Wildman–Crippen LogP) is 1.18. The maximum atomic E-state index is 9.67. The molecule has 0 bridgehead atoms. The smallest absolute Gasteiger partial charge is 0.0693 e. The minimum atomic E-state index is -0.193. The van der Waals surface area contributed by atoms with Crippen molar-refractivity contribution < 1.29 is 10.2 Å². The zero-order valence-electron chi connectivity index (χ0n) is 9.39. The van der Waals surface area contributed by atoms with Crippen LogP contribution in [0.25, 0.3) is 0 Å². The second-order valence-electron chi connectivity index (χ2n) is 4.46. The molecule has 1 aromatic rings. The van der Waals surface area contributed by atoms with Crippen molar-refractivity contribution in [3.05, 3.63) is 35.4 Å². The average Bonchev–Trinajstić information content (AvgIpc) is 2.72. The van der Waals surface area contributed by atoms with E-state index in [0.717, 1.165) is 36.9 Å². The monoisotopic (exact) mass is 221 g/mol. The third kappa shape index (κ3) is 2.82. The second-order valence-corrected chi connectivity index (χ2v) is 4.46. The maximum Gasteiger partial charge on any atom is 0.0693 e. The lowest BCUT2D eigenvalue weighted by Gasteiger charge is -2.16. The highest BCUT2D eigenvalue weighted by atomic mass is 16.3. The van der Waals surface area contributed by atoms with Gasteiger partial charge >= 0.3 is 0 Å². The van der Waals surface area contributed by atoms with Crippen molar-refractivity contribution in [2.75, 3.05) is 0 Å². The Morgan fingerprint density at radius 3 is 2.75 bits per heavy atom. The quantitative estimate of drug-likeness (QED) is 0.715. The Hall–Kier alpha value is -0.900. The molecule has 3 heteroatoms. The summed E-state index contributed by atoms with van der Waals surface area (Å²) >= 11 is 0. The summed E-state index contributed by atoms with van der Waals surface area (Å²) in [5.41, 5.74) is 2.09. The van der Waals surface area contributed by atoms with Crippen molar-refractivity contribution in [2.45, 2.75) is 44.6 Å². The Morgan fingerprint density at radius 2 is 2.06 bits per heavy atom. The number of rotatable bonds is 4. The van der Waals surface area contributed by atoms with E-state index in [4.69, 9.17) is 5.11 Å². The fourth-order valence-electron chi connectivity index (χ4n) is 2.27. The predicted molar refractivity (Wildman–Crippen MR) is 62.9 cm³/mol. The first-order chi connectivity index (χ1) is 7.79. The molecule has 0 aliphatic heterocycles. The van der Waals surface area contributed by atoms with Gasteiger partial charge in [0.25, 0.3) is 0 Å². The maximum absolute atomic E-state index is 9.67. The van der Waals surface area contributed by atoms with Gasteiger partial charge < -0.3 is 15.5 Å². The normalized spacial score (nSPS) is 24.9. The first-order valence-electron chi connectivity index (χ1n) is 5.89. The van der Waals surface area contributed by atoms with Crippen molar-refractivity contribution in [3.63, 3.8) is 0 Å². The number of nitrogens with one attached hydrogen (secondary N) is 1. The van der Waals surface area contributed by atoms with E-state index in [1.165, 1.54) is 0 Å². The highest BCUT2D eigenvalue weighted by molar-refractivity contribution is 5.22. The van der Waals surface area contributed by atoms with Gasteiger partial charge in [-0.25, -0.2) is 0 Å². The molecule has 0 heterocycles. The van der Waals surface area contributed by atoms with Crippen LogP contribution in [0.3, 0.4) is 0 Å². The first-order valence-corrected chi connectivity index (χ1v) is 5.89. The number of benzene rings is 1. The van der Waals surface area contributed by atoms with Crippen molar-refractivity contribution >= 4 is 0 Å². The van der Waals surface area contributed by atoms with Gasteiger partial charge in [0.15, 0.2) is 0 Å². The van der Waals surface area contributed by atoms with Gasteiger partial charge in [-0.05, 0) is 30.4 Å². The summed E-state index contributed by atoms with van der Waals surface area (Å²) < 4.78 is 0. The molecule has 0 radical (unpaired) electrons. The minimum Gasteiger partial charge on any atom is -0.392 e. The first kappa shape index (κ1) is 11.6. The van der Waals surface area contributed by atoms with Gasteiger partial charge in [-0.3, -0.25) is 0 Å². The van der Waals surface area contributed by atoms with Gasteiger partial charge in [0, 0.05) is 12.6 Å². The molecule has 1 fully saturated rings. The summed E-state index contributed by atoms with van der Waals surface area (Å²) in [6, 6.07) is 8.13. The molecule has 0 amide bonds. The zero-order chi connectivity index (χ0) is 11.4. The Morgan fingerprint density at radius 1 is 1.25 bits per heavy atom. The van der Waals surface area contributed by atoms with E-state index in [-0.39, 0.29) is 18.8 Å². The van der Waals surface area contributed by atoms with Crippen LogP contribution in [0, 0.1) is 0 Å². The fraction of sp³-hybridized carbons (Fsp3) is 0.538. The third-order valence-corrected chi connectivity index (χ3v) is 3.22. The van der Waals surface area contributed by atoms with Crippen LogP contribution in [0.5, 0.6) is 0 Å². The van der Waals surface area contributed by atoms with Crippen LogP contribution >= 0.6 is 0 Å². The van der Waals surface area contributed by atoms with Crippen molar-refractivity contribution in [2.24, 2.45) is 0 Å². The van der Waals surface area contributed by atoms with E-state index in [1.807, 2.05) is 24.3 Å². The minimum absolute atomic E-state index is 0.0832. The highest BCUT2D eigenvalue weighted by Crippen LogP contribution is 2.19. The van der Waals surface area contributed by atoms with Crippen molar-refractivity contribution in [3.8, 4) is 0 Å². The van der Waals surface area contributed by atoms with Crippen molar-refractivity contribution in [1.82, 2.24) is 5.32 Å². The number of aliphatic hydroxyl groups excluding tert-OH is 2. The van der Waals surface area contributed by atoms with E-state index in [0.29, 0.717) is 0 Å². The van der Waals surface area contributed by atoms with Gasteiger partial charge in [0.05, 0.1) is 12.7 Å². The van der Waals surface area contributed by atoms with Gasteiger partial charge in [0.1, 0.15) is 0 Å². The molecule has 16 heavy (non-hydrogen) atoms. The summed E-state index contributed by atoms with van der Waals surface area (Å²) in [5.74, 6) is 0. The summed E-state index contributed by atoms with van der Waals surface area (Å²) in [4.78, 5) is 0. The van der Waals surface area contributed by atoms with Crippen molar-refractivity contribution in [1.29, 1.82) is 0 Å². The summed E-state index contributed by atoms with van der Waals surface area (Å²) in [5, 5.41) is 22.1. The van der Waals surface area contributed by atoms with Crippen LogP contribution in [0.15, 0.2) is 24.3 Å². The Kier molecular flexibility index (Phi) is 3.93. The highest BCUT2D eigenvalue weighted by Gasteiger charge is 2.24. The molecule has 88 valence electrons. The molecule has 2 atom stereocenters. The Labute approximate surface area is 96.1 Å². The lowest BCUT2D eigenvalue weighted by Crippen LogP contribution is -2.35. The summed E-state index contributed by atoms with van der Waals surface area (Å²) in [7, 11) is 0. The standard InChI is InChI=1S/C13H19NO2/c15-9-11-4-1-3-10(7-11)8-14-12-5-2-6-13(12)16/h1,3-4,7,12-16H,2,5-6,8-9H2/t12-,13-/m0/s1. The SMILES string of the molecule is OCc1cccc(CN[C@H]2CCC[C@@H]2O)c1. The van der Waals surface area contributed by atoms with E-state index >= 15 is 0 Å². The van der Waals surface area contributed by atoms with Crippen LogP contribution in [0.1, 0.15) is 30.4 Å². The molecule has 1 aliphatic rings. The van der Waals surface area contributed by atoms with Gasteiger partial charge in [-0.2, -0.15) is 0 Å². The molecule has 1 aromatic carbocycles. The van der Waals surface area contributed by atoms with Crippen LogP contribution in [-0.4, -0.2) is 22.4 Å². The van der Waals surface area contributed by atoms with Crippen LogP contribution in [0.2, 0.25) is 0 Å². The molecular weight excluding hydrogens is 202 g/mol. The van der Waals surface area contributed by atoms with E-state index in [1.54, 1.807) is 0 Å². The van der Waals surface area contributed by atoms with Crippen LogP contribution < -0.4 is 5.32 Å². The molecular formula is C13H19NO2. The van der Waals surface area contributed by atoms with Crippen LogP contribution in [0.4, 0.5) is 0 Å². The molecule has 0 aromatic heterocycles. The molecule has 0 spiro atoms. The molecule has 0 saturated heterocycles. The van der Waals surface area contributed by atoms with Gasteiger partial charge in [-0.1, -0.05) is 24.3 Å². The summed E-state index contributed by atoms with van der Waals surface area (Å²) in [6.07, 6.45) is 2.88. The van der Waals surface area contributed by atoms with E-state index in [2.05, 4.69) is 5.32 Å². The van der Waals surface area contributed by atoms with E-state index < -0.39 is 0 Å². The topological polar surface area (TPSA) is 52.5 Å². The zero-order valence-corrected chi connectivity index (χ0v) is 9.39. The lowest BCUT2D eigenvalue weighted by atomic mass is 10.1. The molecule has 3 N–H and O–H groups in total. The second kappa shape index (κ2) is 5.43. The number of aliphatic hydroxyl groups is 2. The molecule has 1 aliphatic carbocycles. The average molecular weight is 221 g/mol. The summed E-state index contributed by atoms with van der Waals surface area (Å²) in [6.45, 7) is 0.843. The van der Waals surface area contributed by atoms with Gasteiger partial charge in [0.2, 0.25) is 0 Å².